The summed E-state index contributed by atoms with van der Waals surface area (Å²) in [5.41, 5.74) is 4.37. The molecule has 1 aromatic heterocycles. The molecule has 3 N–H and O–H groups in total. The lowest BCUT2D eigenvalue weighted by Crippen LogP contribution is -2.13. The highest BCUT2D eigenvalue weighted by Crippen LogP contribution is 2.23. The number of aromatic nitrogens is 2. The molecule has 0 fully saturated rings. The fraction of sp³-hybridized carbons (Fsp3) is 0.333. The van der Waals surface area contributed by atoms with Crippen LogP contribution in [0.25, 0.3) is 0 Å². The number of anilines is 1. The van der Waals surface area contributed by atoms with Crippen molar-refractivity contribution in [3.63, 3.8) is 0 Å². The maximum atomic E-state index is 5.81. The molecular weight excluding hydrogens is 268 g/mol. The molecule has 1 aromatic carbocycles. The molecule has 0 unspecified atom stereocenters. The zero-order valence-corrected chi connectivity index (χ0v) is 12.5. The van der Waals surface area contributed by atoms with E-state index in [4.69, 9.17) is 15.3 Å². The Morgan fingerprint density at radius 2 is 2.10 bits per heavy atom. The highest BCUT2D eigenvalue weighted by molar-refractivity contribution is 5.47. The maximum Gasteiger partial charge on any atom is 0.222 e. The van der Waals surface area contributed by atoms with Gasteiger partial charge in [-0.25, -0.2) is 10.8 Å². The van der Waals surface area contributed by atoms with Crippen LogP contribution in [0, 0.1) is 6.92 Å². The topological polar surface area (TPSA) is 82.3 Å². The summed E-state index contributed by atoms with van der Waals surface area (Å²) >= 11 is 0. The van der Waals surface area contributed by atoms with Gasteiger partial charge in [0.25, 0.3) is 0 Å². The third-order valence-electron chi connectivity index (χ3n) is 3.11. The van der Waals surface area contributed by atoms with Gasteiger partial charge in [-0.2, -0.15) is 4.98 Å². The van der Waals surface area contributed by atoms with Crippen molar-refractivity contribution in [1.82, 2.24) is 9.97 Å². The Morgan fingerprint density at radius 3 is 2.76 bits per heavy atom. The number of nitrogens with one attached hydrogen (secondary N) is 1. The molecule has 0 radical (unpaired) electrons. The Labute approximate surface area is 124 Å². The molecule has 0 spiro atoms. The summed E-state index contributed by atoms with van der Waals surface area (Å²) in [4.78, 5) is 8.70. The molecule has 6 nitrogen and oxygen atoms in total. The van der Waals surface area contributed by atoms with E-state index >= 15 is 0 Å². The van der Waals surface area contributed by atoms with E-state index in [1.54, 1.807) is 7.11 Å². The summed E-state index contributed by atoms with van der Waals surface area (Å²) in [5.74, 6) is 8.09. The zero-order chi connectivity index (χ0) is 15.2. The number of nitrogens with zero attached hydrogens (tertiary/aromatic N) is 2. The van der Waals surface area contributed by atoms with Gasteiger partial charge in [0.05, 0.1) is 12.7 Å². The number of rotatable bonds is 6. The molecule has 2 aromatic rings. The molecule has 6 heteroatoms. The SMILES string of the molecule is CCc1nc(NN)c(C)c(OCc2cccc(OC)c2)n1. The first-order chi connectivity index (χ1) is 10.2. The molecule has 1 heterocycles. The van der Waals surface area contributed by atoms with E-state index in [2.05, 4.69) is 15.4 Å². The maximum absolute atomic E-state index is 5.81. The number of hydrogen-bond acceptors (Lipinski definition) is 6. The quantitative estimate of drug-likeness (QED) is 0.626. The van der Waals surface area contributed by atoms with Gasteiger partial charge >= 0.3 is 0 Å². The number of methoxy groups -OCH3 is 1. The number of hydrogen-bond donors (Lipinski definition) is 2. The van der Waals surface area contributed by atoms with E-state index in [0.29, 0.717) is 30.5 Å². The summed E-state index contributed by atoms with van der Waals surface area (Å²) in [6.45, 7) is 4.26. The largest absolute Gasteiger partial charge is 0.497 e. The average molecular weight is 288 g/mol. The minimum absolute atomic E-state index is 0.405. The van der Waals surface area contributed by atoms with Crippen LogP contribution in [-0.4, -0.2) is 17.1 Å². The van der Waals surface area contributed by atoms with Crippen LogP contribution in [0.5, 0.6) is 11.6 Å². The van der Waals surface area contributed by atoms with Crippen LogP contribution in [0.15, 0.2) is 24.3 Å². The standard InChI is InChI=1S/C15H20N4O2/c1-4-13-17-14(19-16)10(2)15(18-13)21-9-11-6-5-7-12(8-11)20-3/h5-8H,4,9,16H2,1-3H3,(H,17,18,19). The molecule has 0 aliphatic rings. The van der Waals surface area contributed by atoms with Crippen molar-refractivity contribution in [3.05, 3.63) is 41.2 Å². The van der Waals surface area contributed by atoms with Crippen LogP contribution in [-0.2, 0) is 13.0 Å². The molecule has 0 aliphatic heterocycles. The fourth-order valence-electron chi connectivity index (χ4n) is 1.89. The van der Waals surface area contributed by atoms with E-state index in [-0.39, 0.29) is 0 Å². The Kier molecular flexibility index (Phi) is 4.94. The summed E-state index contributed by atoms with van der Waals surface area (Å²) in [7, 11) is 1.64. The van der Waals surface area contributed by atoms with Crippen molar-refractivity contribution in [2.75, 3.05) is 12.5 Å². The first kappa shape index (κ1) is 15.1. The molecule has 112 valence electrons. The van der Waals surface area contributed by atoms with Gasteiger partial charge in [0.1, 0.15) is 24.0 Å². The second-order valence-corrected chi connectivity index (χ2v) is 4.56. The predicted molar refractivity (Wildman–Crippen MR) is 81.3 cm³/mol. The minimum Gasteiger partial charge on any atom is -0.497 e. The van der Waals surface area contributed by atoms with Gasteiger partial charge < -0.3 is 14.9 Å². The molecule has 0 amide bonds. The normalized spacial score (nSPS) is 10.3. The lowest BCUT2D eigenvalue weighted by atomic mass is 10.2. The van der Waals surface area contributed by atoms with Crippen molar-refractivity contribution >= 4 is 5.82 Å². The van der Waals surface area contributed by atoms with Crippen LogP contribution in [0.1, 0.15) is 23.9 Å². The van der Waals surface area contributed by atoms with Gasteiger partial charge in [-0.15, -0.1) is 0 Å². The van der Waals surface area contributed by atoms with Crippen molar-refractivity contribution in [1.29, 1.82) is 0 Å². The van der Waals surface area contributed by atoms with E-state index < -0.39 is 0 Å². The molecule has 0 saturated carbocycles. The van der Waals surface area contributed by atoms with Gasteiger partial charge in [0.2, 0.25) is 5.88 Å². The summed E-state index contributed by atoms with van der Waals surface area (Å²) < 4.78 is 11.0. The third-order valence-corrected chi connectivity index (χ3v) is 3.11. The Morgan fingerprint density at radius 1 is 1.29 bits per heavy atom. The number of benzene rings is 1. The monoisotopic (exact) mass is 288 g/mol. The molecule has 0 aliphatic carbocycles. The number of nitrogens with two attached hydrogens (primary N) is 1. The van der Waals surface area contributed by atoms with Gasteiger partial charge in [-0.05, 0) is 24.6 Å². The number of ether oxygens (including phenoxy) is 2. The summed E-state index contributed by atoms with van der Waals surface area (Å²) in [6.07, 6.45) is 0.713. The van der Waals surface area contributed by atoms with Gasteiger partial charge in [0, 0.05) is 6.42 Å². The van der Waals surface area contributed by atoms with E-state index in [1.165, 1.54) is 0 Å². The molecule has 0 bridgehead atoms. The highest BCUT2D eigenvalue weighted by atomic mass is 16.5. The number of hydrazine groups is 1. The van der Waals surface area contributed by atoms with E-state index in [0.717, 1.165) is 16.9 Å². The van der Waals surface area contributed by atoms with E-state index in [1.807, 2.05) is 38.1 Å². The first-order valence-corrected chi connectivity index (χ1v) is 6.77. The first-order valence-electron chi connectivity index (χ1n) is 6.77. The van der Waals surface area contributed by atoms with Crippen LogP contribution in [0.4, 0.5) is 5.82 Å². The smallest absolute Gasteiger partial charge is 0.222 e. The second-order valence-electron chi connectivity index (χ2n) is 4.56. The van der Waals surface area contributed by atoms with Crippen molar-refractivity contribution in [2.45, 2.75) is 26.9 Å². The Balaban J connectivity index is 2.18. The lowest BCUT2D eigenvalue weighted by Gasteiger charge is -2.12. The van der Waals surface area contributed by atoms with Crippen molar-refractivity contribution < 1.29 is 9.47 Å². The number of aryl methyl sites for hydroxylation is 1. The Hall–Kier alpha value is -2.34. The van der Waals surface area contributed by atoms with Crippen LogP contribution in [0.3, 0.4) is 0 Å². The third kappa shape index (κ3) is 3.61. The Bertz CT molecular complexity index is 617. The average Bonchev–Trinajstić information content (AvgIpc) is 2.54. The molecule has 0 saturated heterocycles. The number of nitrogen functional groups attached to an aromatic ring is 1. The lowest BCUT2D eigenvalue weighted by molar-refractivity contribution is 0.289. The van der Waals surface area contributed by atoms with Crippen LogP contribution >= 0.6 is 0 Å². The van der Waals surface area contributed by atoms with Crippen LogP contribution in [0.2, 0.25) is 0 Å². The fourth-order valence-corrected chi connectivity index (χ4v) is 1.89. The zero-order valence-electron chi connectivity index (χ0n) is 12.5. The molecule has 2 rings (SSSR count). The van der Waals surface area contributed by atoms with E-state index in [9.17, 15) is 0 Å². The minimum atomic E-state index is 0.405. The predicted octanol–water partition coefficient (Wildman–Crippen LogP) is 2.22. The second kappa shape index (κ2) is 6.90. The summed E-state index contributed by atoms with van der Waals surface area (Å²) in [6, 6.07) is 7.72. The summed E-state index contributed by atoms with van der Waals surface area (Å²) in [5, 5.41) is 0. The molecule has 21 heavy (non-hydrogen) atoms. The van der Waals surface area contributed by atoms with Gasteiger partial charge in [0.15, 0.2) is 0 Å². The molecular formula is C15H20N4O2. The van der Waals surface area contributed by atoms with Gasteiger partial charge in [-0.1, -0.05) is 19.1 Å². The van der Waals surface area contributed by atoms with Crippen molar-refractivity contribution in [2.24, 2.45) is 5.84 Å². The molecule has 0 atom stereocenters. The van der Waals surface area contributed by atoms with Gasteiger partial charge in [-0.3, -0.25) is 0 Å². The van der Waals surface area contributed by atoms with Crippen molar-refractivity contribution in [3.8, 4) is 11.6 Å². The van der Waals surface area contributed by atoms with Crippen LogP contribution < -0.4 is 20.7 Å². The highest BCUT2D eigenvalue weighted by Gasteiger charge is 2.11.